The zero-order chi connectivity index (χ0) is 16.4. The van der Waals surface area contributed by atoms with Crippen LogP contribution in [0.15, 0.2) is 60.7 Å². The van der Waals surface area contributed by atoms with E-state index in [2.05, 4.69) is 54.4 Å². The summed E-state index contributed by atoms with van der Waals surface area (Å²) < 4.78 is 5.47. The minimum Gasteiger partial charge on any atom is -0.377 e. The fraction of sp³-hybridized carbons (Fsp3) is 0.190. The molecule has 0 bridgehead atoms. The summed E-state index contributed by atoms with van der Waals surface area (Å²) in [7, 11) is 0. The summed E-state index contributed by atoms with van der Waals surface area (Å²) in [5, 5.41) is 0. The summed E-state index contributed by atoms with van der Waals surface area (Å²) in [5.41, 5.74) is 6.91. The maximum atomic E-state index is 5.47. The van der Waals surface area contributed by atoms with Crippen molar-refractivity contribution in [2.75, 3.05) is 13.2 Å². The Balaban J connectivity index is 1.87. The summed E-state index contributed by atoms with van der Waals surface area (Å²) in [6, 6.07) is 18.8. The van der Waals surface area contributed by atoms with E-state index in [-0.39, 0.29) is 0 Å². The van der Waals surface area contributed by atoms with Crippen molar-refractivity contribution in [3.63, 3.8) is 0 Å². The Hall–Kier alpha value is -2.65. The molecule has 3 heteroatoms. The van der Waals surface area contributed by atoms with Gasteiger partial charge in [-0.15, -0.1) is 0 Å². The molecule has 120 valence electrons. The lowest BCUT2D eigenvalue weighted by Crippen LogP contribution is -2.04. The first-order valence-corrected chi connectivity index (χ1v) is 8.31. The molecule has 2 heterocycles. The normalized spacial score (nSPS) is 14.5. The fourth-order valence-corrected chi connectivity index (χ4v) is 3.09. The van der Waals surface area contributed by atoms with Crippen molar-refractivity contribution in [2.45, 2.75) is 13.3 Å². The molecule has 3 nitrogen and oxygen atoms in total. The molecule has 0 saturated carbocycles. The van der Waals surface area contributed by atoms with E-state index >= 15 is 0 Å². The number of aromatic nitrogens is 2. The Kier molecular flexibility index (Phi) is 4.01. The second-order valence-corrected chi connectivity index (χ2v) is 6.10. The van der Waals surface area contributed by atoms with E-state index in [0.29, 0.717) is 6.61 Å². The van der Waals surface area contributed by atoms with E-state index in [4.69, 9.17) is 9.72 Å². The molecule has 0 saturated heterocycles. The monoisotopic (exact) mass is 316 g/mol. The van der Waals surface area contributed by atoms with Crippen molar-refractivity contribution in [3.05, 3.63) is 71.9 Å². The Morgan fingerprint density at radius 3 is 2.58 bits per heavy atom. The predicted molar refractivity (Wildman–Crippen MR) is 97.6 cm³/mol. The molecule has 0 radical (unpaired) electrons. The largest absolute Gasteiger partial charge is 0.377 e. The molecule has 1 aliphatic heterocycles. The van der Waals surface area contributed by atoms with Gasteiger partial charge in [-0.05, 0) is 25.0 Å². The molecule has 0 fully saturated rings. The highest BCUT2D eigenvalue weighted by Gasteiger charge is 2.18. The lowest BCUT2D eigenvalue weighted by molar-refractivity contribution is 0.161. The van der Waals surface area contributed by atoms with Gasteiger partial charge in [0.25, 0.3) is 0 Å². The number of nitrogens with one attached hydrogen (secondary N) is 1. The van der Waals surface area contributed by atoms with Gasteiger partial charge in [0.1, 0.15) is 5.82 Å². The minimum absolute atomic E-state index is 0.669. The molecule has 0 amide bonds. The van der Waals surface area contributed by atoms with Gasteiger partial charge in [0.05, 0.1) is 24.6 Å². The van der Waals surface area contributed by atoms with Crippen LogP contribution in [0.3, 0.4) is 0 Å². The third kappa shape index (κ3) is 2.91. The van der Waals surface area contributed by atoms with Crippen LogP contribution in [-0.2, 0) is 4.74 Å². The molecule has 1 N–H and O–H groups in total. The highest BCUT2D eigenvalue weighted by Crippen LogP contribution is 2.33. The van der Waals surface area contributed by atoms with Crippen LogP contribution in [0.5, 0.6) is 0 Å². The average Bonchev–Trinajstić information content (AvgIpc) is 3.09. The van der Waals surface area contributed by atoms with Gasteiger partial charge >= 0.3 is 0 Å². The van der Waals surface area contributed by atoms with Crippen LogP contribution in [0.4, 0.5) is 0 Å². The molecule has 1 aliphatic rings. The Morgan fingerprint density at radius 2 is 1.83 bits per heavy atom. The summed E-state index contributed by atoms with van der Waals surface area (Å²) >= 11 is 0. The molecule has 0 atom stereocenters. The Bertz CT molecular complexity index is 878. The summed E-state index contributed by atoms with van der Waals surface area (Å²) in [6.07, 6.45) is 3.07. The minimum atomic E-state index is 0.669. The quantitative estimate of drug-likeness (QED) is 0.749. The summed E-state index contributed by atoms with van der Waals surface area (Å²) in [5.74, 6) is 0.912. The van der Waals surface area contributed by atoms with Gasteiger partial charge in [-0.3, -0.25) is 0 Å². The molecule has 3 aromatic rings. The summed E-state index contributed by atoms with van der Waals surface area (Å²) in [6.45, 7) is 3.54. The van der Waals surface area contributed by atoms with Gasteiger partial charge in [-0.25, -0.2) is 4.98 Å². The molecule has 1 aromatic heterocycles. The number of hydrogen-bond donors (Lipinski definition) is 1. The van der Waals surface area contributed by atoms with Gasteiger partial charge < -0.3 is 9.72 Å². The van der Waals surface area contributed by atoms with Crippen LogP contribution in [0.2, 0.25) is 0 Å². The van der Waals surface area contributed by atoms with E-state index in [1.165, 1.54) is 11.1 Å². The van der Waals surface area contributed by atoms with Gasteiger partial charge in [0.2, 0.25) is 0 Å². The van der Waals surface area contributed by atoms with Crippen molar-refractivity contribution in [1.82, 2.24) is 9.97 Å². The Morgan fingerprint density at radius 1 is 1.00 bits per heavy atom. The van der Waals surface area contributed by atoms with E-state index in [0.717, 1.165) is 41.4 Å². The molecule has 0 unspecified atom stereocenters. The number of nitrogens with zero attached hydrogens (tertiary/aromatic N) is 1. The predicted octanol–water partition coefficient (Wildman–Crippen LogP) is 4.86. The highest BCUT2D eigenvalue weighted by atomic mass is 16.5. The molecule has 4 rings (SSSR count). The second kappa shape index (κ2) is 6.46. The Labute approximate surface area is 142 Å². The second-order valence-electron chi connectivity index (χ2n) is 6.10. The van der Waals surface area contributed by atoms with E-state index in [1.807, 2.05) is 18.2 Å². The number of ether oxygens (including phenoxy) is 1. The first-order valence-electron chi connectivity index (χ1n) is 8.31. The number of H-pyrrole nitrogens is 1. The molecule has 24 heavy (non-hydrogen) atoms. The SMILES string of the molecule is Cc1cccc(-c2nc(-c3ccccc3)[nH]c2C2=CCOCC2)c1. The van der Waals surface area contributed by atoms with E-state index < -0.39 is 0 Å². The van der Waals surface area contributed by atoms with Crippen LogP contribution in [0.1, 0.15) is 17.7 Å². The van der Waals surface area contributed by atoms with Crippen molar-refractivity contribution in [3.8, 4) is 22.6 Å². The topological polar surface area (TPSA) is 37.9 Å². The third-order valence-electron chi connectivity index (χ3n) is 4.33. The van der Waals surface area contributed by atoms with Gasteiger partial charge in [-0.2, -0.15) is 0 Å². The number of aryl methyl sites for hydroxylation is 1. The number of imidazole rings is 1. The lowest BCUT2D eigenvalue weighted by atomic mass is 10.0. The molecular formula is C21H20N2O. The molecular weight excluding hydrogens is 296 g/mol. The van der Waals surface area contributed by atoms with Crippen LogP contribution in [0, 0.1) is 6.92 Å². The van der Waals surface area contributed by atoms with Crippen molar-refractivity contribution >= 4 is 5.57 Å². The van der Waals surface area contributed by atoms with Crippen LogP contribution >= 0.6 is 0 Å². The van der Waals surface area contributed by atoms with Crippen molar-refractivity contribution < 1.29 is 4.74 Å². The lowest BCUT2D eigenvalue weighted by Gasteiger charge is -2.13. The van der Waals surface area contributed by atoms with Gasteiger partial charge in [-0.1, -0.05) is 60.2 Å². The molecule has 0 spiro atoms. The van der Waals surface area contributed by atoms with Crippen LogP contribution < -0.4 is 0 Å². The first-order chi connectivity index (χ1) is 11.8. The van der Waals surface area contributed by atoms with Crippen LogP contribution in [0.25, 0.3) is 28.2 Å². The van der Waals surface area contributed by atoms with Crippen molar-refractivity contribution in [2.24, 2.45) is 0 Å². The zero-order valence-corrected chi connectivity index (χ0v) is 13.8. The number of rotatable bonds is 3. The maximum absolute atomic E-state index is 5.47. The third-order valence-corrected chi connectivity index (χ3v) is 4.33. The average molecular weight is 316 g/mol. The van der Waals surface area contributed by atoms with E-state index in [9.17, 15) is 0 Å². The van der Waals surface area contributed by atoms with Crippen molar-refractivity contribution in [1.29, 1.82) is 0 Å². The van der Waals surface area contributed by atoms with E-state index in [1.54, 1.807) is 0 Å². The summed E-state index contributed by atoms with van der Waals surface area (Å²) in [4.78, 5) is 8.48. The standard InChI is InChI=1S/C21H20N2O/c1-15-6-5-9-18(14-15)20-19(16-10-12-24-13-11-16)22-21(23-20)17-7-3-2-4-8-17/h2-10,14H,11-13H2,1H3,(H,22,23). The molecule has 2 aromatic carbocycles. The van der Waals surface area contributed by atoms with Crippen LogP contribution in [-0.4, -0.2) is 23.2 Å². The first kappa shape index (κ1) is 14.9. The maximum Gasteiger partial charge on any atom is 0.138 e. The highest BCUT2D eigenvalue weighted by molar-refractivity contribution is 5.80. The zero-order valence-electron chi connectivity index (χ0n) is 13.8. The van der Waals surface area contributed by atoms with Gasteiger partial charge in [0.15, 0.2) is 0 Å². The fourth-order valence-electron chi connectivity index (χ4n) is 3.09. The smallest absolute Gasteiger partial charge is 0.138 e. The number of benzene rings is 2. The number of hydrogen-bond acceptors (Lipinski definition) is 2. The molecule has 0 aliphatic carbocycles. The van der Waals surface area contributed by atoms with Gasteiger partial charge in [0, 0.05) is 11.1 Å². The number of aromatic amines is 1.